The lowest BCUT2D eigenvalue weighted by Gasteiger charge is -2.18. The van der Waals surface area contributed by atoms with E-state index in [1.165, 1.54) is 0 Å². The third-order valence-electron chi connectivity index (χ3n) is 2.72. The fraction of sp³-hybridized carbons (Fsp3) is 0.400. The Morgan fingerprint density at radius 1 is 1.22 bits per heavy atom. The first-order chi connectivity index (χ1) is 8.50. The maximum atomic E-state index is 5.51. The third kappa shape index (κ3) is 2.73. The molecule has 96 valence electrons. The zero-order valence-corrected chi connectivity index (χ0v) is 11.5. The van der Waals surface area contributed by atoms with Crippen molar-refractivity contribution in [2.24, 2.45) is 0 Å². The summed E-state index contributed by atoms with van der Waals surface area (Å²) in [4.78, 5) is 0. The largest absolute Gasteiger partial charge is 0.494 e. The van der Waals surface area contributed by atoms with Crippen molar-refractivity contribution in [2.75, 3.05) is 6.61 Å². The zero-order valence-electron chi connectivity index (χ0n) is 11.5. The van der Waals surface area contributed by atoms with Gasteiger partial charge in [-0.2, -0.15) is 5.10 Å². The van der Waals surface area contributed by atoms with E-state index in [-0.39, 0.29) is 5.54 Å². The maximum absolute atomic E-state index is 5.51. The van der Waals surface area contributed by atoms with Crippen LogP contribution in [-0.4, -0.2) is 16.4 Å². The predicted molar refractivity (Wildman–Crippen MR) is 73.8 cm³/mol. The highest BCUT2D eigenvalue weighted by atomic mass is 16.5. The molecule has 18 heavy (non-hydrogen) atoms. The Morgan fingerprint density at radius 2 is 2.00 bits per heavy atom. The average molecular weight is 244 g/mol. The first kappa shape index (κ1) is 12.7. The fourth-order valence-corrected chi connectivity index (χ4v) is 1.76. The lowest BCUT2D eigenvalue weighted by Crippen LogP contribution is -2.22. The number of hydrogen-bond acceptors (Lipinski definition) is 2. The number of hydrogen-bond donors (Lipinski definition) is 0. The highest BCUT2D eigenvalue weighted by Gasteiger charge is 2.14. The zero-order chi connectivity index (χ0) is 13.2. The van der Waals surface area contributed by atoms with Crippen LogP contribution in [0.25, 0.3) is 11.3 Å². The van der Waals surface area contributed by atoms with Gasteiger partial charge in [0.15, 0.2) is 0 Å². The summed E-state index contributed by atoms with van der Waals surface area (Å²) in [5.41, 5.74) is 2.07. The van der Waals surface area contributed by atoms with E-state index in [9.17, 15) is 0 Å². The smallest absolute Gasteiger partial charge is 0.119 e. The molecule has 3 nitrogen and oxygen atoms in total. The summed E-state index contributed by atoms with van der Waals surface area (Å²) in [7, 11) is 0. The molecular weight excluding hydrogens is 224 g/mol. The Kier molecular flexibility index (Phi) is 3.41. The Bertz CT molecular complexity index is 523. The van der Waals surface area contributed by atoms with E-state index in [1.54, 1.807) is 0 Å². The van der Waals surface area contributed by atoms with E-state index >= 15 is 0 Å². The summed E-state index contributed by atoms with van der Waals surface area (Å²) in [6, 6.07) is 10.1. The van der Waals surface area contributed by atoms with Gasteiger partial charge in [-0.25, -0.2) is 0 Å². The molecule has 0 fully saturated rings. The van der Waals surface area contributed by atoms with Gasteiger partial charge in [0.1, 0.15) is 5.75 Å². The summed E-state index contributed by atoms with van der Waals surface area (Å²) in [6.07, 6.45) is 2.02. The second-order valence-corrected chi connectivity index (χ2v) is 5.28. The standard InChI is InChI=1S/C15H20N2O/c1-5-18-13-8-6-7-12(11-13)14-9-10-17(16-14)15(2,3)4/h6-11H,5H2,1-4H3. The van der Waals surface area contributed by atoms with Crippen LogP contribution in [0.5, 0.6) is 5.75 Å². The van der Waals surface area contributed by atoms with E-state index in [0.717, 1.165) is 17.0 Å². The molecule has 0 aliphatic carbocycles. The SMILES string of the molecule is CCOc1cccc(-c2ccn(C(C)(C)C)n2)c1. The second-order valence-electron chi connectivity index (χ2n) is 5.28. The van der Waals surface area contributed by atoms with Gasteiger partial charge in [0.05, 0.1) is 17.8 Å². The van der Waals surface area contributed by atoms with Crippen LogP contribution >= 0.6 is 0 Å². The summed E-state index contributed by atoms with van der Waals surface area (Å²) in [5.74, 6) is 0.889. The molecular formula is C15H20N2O. The minimum absolute atomic E-state index is 0.00970. The molecule has 0 saturated carbocycles. The van der Waals surface area contributed by atoms with Gasteiger partial charge >= 0.3 is 0 Å². The molecule has 3 heteroatoms. The lowest BCUT2D eigenvalue weighted by molar-refractivity contribution is 0.340. The molecule has 1 aromatic heterocycles. The summed E-state index contributed by atoms with van der Waals surface area (Å²) < 4.78 is 7.49. The molecule has 2 rings (SSSR count). The molecule has 0 aliphatic rings. The van der Waals surface area contributed by atoms with Crippen LogP contribution in [0.1, 0.15) is 27.7 Å². The Labute approximate surface area is 108 Å². The van der Waals surface area contributed by atoms with E-state index in [4.69, 9.17) is 4.74 Å². The predicted octanol–water partition coefficient (Wildman–Crippen LogP) is 3.70. The summed E-state index contributed by atoms with van der Waals surface area (Å²) in [6.45, 7) is 9.09. The van der Waals surface area contributed by atoms with Gasteiger partial charge in [0.2, 0.25) is 0 Å². The highest BCUT2D eigenvalue weighted by molar-refractivity contribution is 5.60. The van der Waals surface area contributed by atoms with Crippen molar-refractivity contribution in [3.8, 4) is 17.0 Å². The maximum Gasteiger partial charge on any atom is 0.119 e. The first-order valence-corrected chi connectivity index (χ1v) is 6.30. The van der Waals surface area contributed by atoms with Crippen molar-refractivity contribution in [1.29, 1.82) is 0 Å². The van der Waals surface area contributed by atoms with Crippen molar-refractivity contribution in [3.05, 3.63) is 36.5 Å². The molecule has 1 aromatic carbocycles. The number of aromatic nitrogens is 2. The van der Waals surface area contributed by atoms with Crippen LogP contribution in [0.3, 0.4) is 0 Å². The van der Waals surface area contributed by atoms with Crippen LogP contribution < -0.4 is 4.74 Å². The molecule has 0 atom stereocenters. The Hall–Kier alpha value is -1.77. The number of rotatable bonds is 3. The van der Waals surface area contributed by atoms with Crippen LogP contribution in [-0.2, 0) is 5.54 Å². The molecule has 0 aliphatic heterocycles. The van der Waals surface area contributed by atoms with E-state index < -0.39 is 0 Å². The third-order valence-corrected chi connectivity index (χ3v) is 2.72. The molecule has 0 spiro atoms. The van der Waals surface area contributed by atoms with E-state index in [1.807, 2.05) is 42.1 Å². The van der Waals surface area contributed by atoms with Gasteiger partial charge in [0.25, 0.3) is 0 Å². The van der Waals surface area contributed by atoms with Crippen molar-refractivity contribution < 1.29 is 4.74 Å². The normalized spacial score (nSPS) is 11.6. The topological polar surface area (TPSA) is 27.1 Å². The molecule has 0 N–H and O–H groups in total. The number of benzene rings is 1. The van der Waals surface area contributed by atoms with E-state index in [2.05, 4.69) is 31.9 Å². The van der Waals surface area contributed by atoms with Crippen molar-refractivity contribution in [2.45, 2.75) is 33.2 Å². The van der Waals surface area contributed by atoms with Gasteiger partial charge in [-0.3, -0.25) is 4.68 Å². The van der Waals surface area contributed by atoms with Gasteiger partial charge < -0.3 is 4.74 Å². The molecule has 0 unspecified atom stereocenters. The summed E-state index contributed by atoms with van der Waals surface area (Å²) >= 11 is 0. The van der Waals surface area contributed by atoms with Crippen LogP contribution in [0.15, 0.2) is 36.5 Å². The molecule has 0 bridgehead atoms. The molecule has 0 saturated heterocycles. The van der Waals surface area contributed by atoms with E-state index in [0.29, 0.717) is 6.61 Å². The molecule has 0 radical (unpaired) electrons. The van der Waals surface area contributed by atoms with Crippen molar-refractivity contribution in [1.82, 2.24) is 9.78 Å². The van der Waals surface area contributed by atoms with Crippen molar-refractivity contribution >= 4 is 0 Å². The molecule has 1 heterocycles. The quantitative estimate of drug-likeness (QED) is 0.823. The summed E-state index contributed by atoms with van der Waals surface area (Å²) in [5, 5.41) is 4.61. The van der Waals surface area contributed by atoms with Gasteiger partial charge in [-0.05, 0) is 45.9 Å². The minimum Gasteiger partial charge on any atom is -0.494 e. The first-order valence-electron chi connectivity index (χ1n) is 6.30. The van der Waals surface area contributed by atoms with Gasteiger partial charge in [-0.1, -0.05) is 12.1 Å². The second kappa shape index (κ2) is 4.84. The minimum atomic E-state index is 0.00970. The highest BCUT2D eigenvalue weighted by Crippen LogP contribution is 2.24. The Balaban J connectivity index is 2.31. The number of nitrogens with zero attached hydrogens (tertiary/aromatic N) is 2. The fourth-order valence-electron chi connectivity index (χ4n) is 1.76. The Morgan fingerprint density at radius 3 is 2.61 bits per heavy atom. The average Bonchev–Trinajstić information content (AvgIpc) is 2.78. The molecule has 2 aromatic rings. The van der Waals surface area contributed by atoms with Gasteiger partial charge in [0, 0.05) is 11.8 Å². The van der Waals surface area contributed by atoms with Crippen LogP contribution in [0.4, 0.5) is 0 Å². The van der Waals surface area contributed by atoms with Gasteiger partial charge in [-0.15, -0.1) is 0 Å². The molecule has 0 amide bonds. The van der Waals surface area contributed by atoms with Crippen LogP contribution in [0.2, 0.25) is 0 Å². The van der Waals surface area contributed by atoms with Crippen LogP contribution in [0, 0.1) is 0 Å². The lowest BCUT2D eigenvalue weighted by atomic mass is 10.1. The monoisotopic (exact) mass is 244 g/mol. The number of ether oxygens (including phenoxy) is 1. The van der Waals surface area contributed by atoms with Crippen molar-refractivity contribution in [3.63, 3.8) is 0 Å².